The molecule has 8 aliphatic rings. The molecule has 0 amide bonds. The quantitative estimate of drug-likeness (QED) is 0.139. The molecule has 0 aromatic carbocycles. The summed E-state index contributed by atoms with van der Waals surface area (Å²) in [5.41, 5.74) is -2.71. The van der Waals surface area contributed by atoms with Gasteiger partial charge >= 0.3 is 0 Å². The van der Waals surface area contributed by atoms with Crippen LogP contribution in [-0.2, 0) is 23.7 Å². The maximum Gasteiger partial charge on any atom is 0.186 e. The molecule has 0 aromatic heterocycles. The lowest BCUT2D eigenvalue weighted by molar-refractivity contribution is -0.343. The van der Waals surface area contributed by atoms with Crippen LogP contribution >= 0.6 is 0 Å². The van der Waals surface area contributed by atoms with Crippen molar-refractivity contribution >= 4 is 0 Å². The number of ether oxygens (including phenoxy) is 5. The third kappa shape index (κ3) is 6.06. The first-order valence-corrected chi connectivity index (χ1v) is 21.5. The van der Waals surface area contributed by atoms with E-state index in [1.165, 1.54) is 0 Å². The van der Waals surface area contributed by atoms with E-state index in [1.54, 1.807) is 13.8 Å². The minimum Gasteiger partial charge on any atom is -0.396 e. The van der Waals surface area contributed by atoms with Crippen LogP contribution in [0.1, 0.15) is 106 Å². The summed E-state index contributed by atoms with van der Waals surface area (Å²) < 4.78 is 30.4. The maximum atomic E-state index is 12.0. The van der Waals surface area contributed by atoms with Crippen LogP contribution in [0.2, 0.25) is 0 Å². The maximum absolute atomic E-state index is 12.0. The zero-order chi connectivity index (χ0) is 41.5. The van der Waals surface area contributed by atoms with Crippen LogP contribution in [0.15, 0.2) is 0 Å². The van der Waals surface area contributed by atoms with Crippen LogP contribution in [0.5, 0.6) is 0 Å². The van der Waals surface area contributed by atoms with Crippen molar-refractivity contribution in [2.24, 2.45) is 44.8 Å². The van der Waals surface area contributed by atoms with Crippen LogP contribution in [0.3, 0.4) is 0 Å². The zero-order valence-corrected chi connectivity index (χ0v) is 34.4. The summed E-state index contributed by atoms with van der Waals surface area (Å²) in [5.74, 6) is 0.354. The van der Waals surface area contributed by atoms with Crippen molar-refractivity contribution in [3.05, 3.63) is 0 Å². The molecule has 57 heavy (non-hydrogen) atoms. The Kier molecular flexibility index (Phi) is 10.7. The first kappa shape index (κ1) is 43.1. The summed E-state index contributed by atoms with van der Waals surface area (Å²) in [6.07, 6.45) is -7.77. The molecule has 3 aliphatic heterocycles. The van der Waals surface area contributed by atoms with E-state index in [1.807, 2.05) is 0 Å². The summed E-state index contributed by atoms with van der Waals surface area (Å²) in [5, 5.41) is 107. The second-order valence-corrected chi connectivity index (χ2v) is 21.3. The lowest BCUT2D eigenvalue weighted by atomic mass is 9.41. The van der Waals surface area contributed by atoms with Gasteiger partial charge in [-0.3, -0.25) is 0 Å². The summed E-state index contributed by atoms with van der Waals surface area (Å²) in [6.45, 7) is 11.3. The molecule has 21 atom stereocenters. The third-order valence-corrected chi connectivity index (χ3v) is 18.0. The van der Waals surface area contributed by atoms with E-state index in [2.05, 4.69) is 27.7 Å². The fraction of sp³-hybridized carbons (Fsp3) is 1.00. The molecule has 5 saturated carbocycles. The molecule has 2 spiro atoms. The standard InChI is InChI=1S/C42H70O15/c1-36(2)23-7-8-24-38(5)15-20(45)33(39(6)11-9-26(57-39)37(3,4)52)42(38,19-44)14-13-41(24)18-40(23,41)12-10-25(36)56-35-32(51)30(49)28(47)22(55-35)17-53-34-31(50)29(48)27(46)21(16-43)54-34/h20-35,43-52H,7-19H2,1-6H3/t20-,21+,22+,23+,24-,25-,26-,27+,28-,29+,30-,31+,32-,33-,34-,35+,38+,39-,40+,41-,42-/m0/s1. The molecule has 10 N–H and O–H groups in total. The van der Waals surface area contributed by atoms with Gasteiger partial charge in [-0.1, -0.05) is 20.8 Å². The topological polar surface area (TPSA) is 248 Å². The molecule has 3 saturated heterocycles. The highest BCUT2D eigenvalue weighted by molar-refractivity contribution is 5.32. The number of hydrogen-bond acceptors (Lipinski definition) is 15. The van der Waals surface area contributed by atoms with Gasteiger partial charge in [-0.2, -0.15) is 0 Å². The van der Waals surface area contributed by atoms with E-state index in [9.17, 15) is 51.1 Å². The van der Waals surface area contributed by atoms with E-state index in [-0.39, 0.29) is 52.3 Å². The average Bonchev–Trinajstić information content (AvgIpc) is 3.51. The van der Waals surface area contributed by atoms with Gasteiger partial charge in [0.1, 0.15) is 48.8 Å². The van der Waals surface area contributed by atoms with Crippen molar-refractivity contribution in [3.8, 4) is 0 Å². The van der Waals surface area contributed by atoms with Crippen molar-refractivity contribution in [3.63, 3.8) is 0 Å². The molecule has 0 unspecified atom stereocenters. The highest BCUT2D eigenvalue weighted by Crippen LogP contribution is 2.89. The predicted molar refractivity (Wildman–Crippen MR) is 200 cm³/mol. The first-order chi connectivity index (χ1) is 26.6. The van der Waals surface area contributed by atoms with Gasteiger partial charge in [0.25, 0.3) is 0 Å². The lowest BCUT2D eigenvalue weighted by Gasteiger charge is -2.64. The molecule has 5 aliphatic carbocycles. The van der Waals surface area contributed by atoms with Crippen LogP contribution in [0.4, 0.5) is 0 Å². The van der Waals surface area contributed by atoms with Gasteiger partial charge in [0.2, 0.25) is 0 Å². The third-order valence-electron chi connectivity index (χ3n) is 18.0. The Morgan fingerprint density at radius 1 is 0.684 bits per heavy atom. The molecule has 3 heterocycles. The van der Waals surface area contributed by atoms with Crippen LogP contribution in [0.25, 0.3) is 0 Å². The number of hydrogen-bond donors (Lipinski definition) is 10. The fourth-order valence-electron chi connectivity index (χ4n) is 15.1. The van der Waals surface area contributed by atoms with Crippen molar-refractivity contribution in [2.75, 3.05) is 19.8 Å². The predicted octanol–water partition coefficient (Wildman–Crippen LogP) is 0.0866. The van der Waals surface area contributed by atoms with E-state index < -0.39 is 97.3 Å². The number of aliphatic hydroxyl groups is 10. The average molecular weight is 815 g/mol. The summed E-state index contributed by atoms with van der Waals surface area (Å²) in [6, 6.07) is 0. The van der Waals surface area contributed by atoms with Gasteiger partial charge in [0.05, 0.1) is 42.7 Å². The highest BCUT2D eigenvalue weighted by Gasteiger charge is 2.84. The Morgan fingerprint density at radius 2 is 1.30 bits per heavy atom. The van der Waals surface area contributed by atoms with Crippen molar-refractivity contribution in [1.82, 2.24) is 0 Å². The Bertz CT molecular complexity index is 1490. The molecule has 15 heteroatoms. The van der Waals surface area contributed by atoms with Gasteiger partial charge in [-0.05, 0) is 118 Å². The van der Waals surface area contributed by atoms with Crippen molar-refractivity contribution in [1.29, 1.82) is 0 Å². The molecule has 8 rings (SSSR count). The number of aliphatic hydroxyl groups excluding tert-OH is 9. The molecule has 8 fully saturated rings. The molecule has 328 valence electrons. The molecular weight excluding hydrogens is 744 g/mol. The Morgan fingerprint density at radius 3 is 1.93 bits per heavy atom. The number of rotatable bonds is 9. The van der Waals surface area contributed by atoms with E-state index in [0.717, 1.165) is 44.9 Å². The highest BCUT2D eigenvalue weighted by atomic mass is 16.7. The molecule has 15 nitrogen and oxygen atoms in total. The molecule has 0 aromatic rings. The van der Waals surface area contributed by atoms with Crippen LogP contribution < -0.4 is 0 Å². The second-order valence-electron chi connectivity index (χ2n) is 21.3. The molecule has 0 radical (unpaired) electrons. The Hall–Kier alpha value is -0.600. The summed E-state index contributed by atoms with van der Waals surface area (Å²) in [4.78, 5) is 0. The van der Waals surface area contributed by atoms with Gasteiger partial charge in [0, 0.05) is 17.9 Å². The van der Waals surface area contributed by atoms with E-state index in [4.69, 9.17) is 23.7 Å². The van der Waals surface area contributed by atoms with Crippen LogP contribution in [-0.4, -0.2) is 162 Å². The van der Waals surface area contributed by atoms with Gasteiger partial charge in [-0.25, -0.2) is 0 Å². The Balaban J connectivity index is 0.969. The first-order valence-electron chi connectivity index (χ1n) is 21.5. The normalized spacial score (nSPS) is 57.1. The van der Waals surface area contributed by atoms with Crippen molar-refractivity contribution < 1.29 is 74.7 Å². The van der Waals surface area contributed by atoms with E-state index >= 15 is 0 Å². The SMILES string of the molecule is CC(C)(O)[C@@H]1CC[C@@](C)([C@@H]2[C@@H](O)C[C@]3(C)[C@@H]4CC[C@@H]5C(C)(C)[C@@H](O[C@H]6O[C@H](CO[C@H]7O[C@H](CO)[C@@H](O)[C@@H](O)[C@H]7O)[C@H](O)[C@H](O)[C@@H]6O)CC[C@@]56C[C@@]46CC[C@]23CO)O1. The van der Waals surface area contributed by atoms with Gasteiger partial charge in [-0.15, -0.1) is 0 Å². The smallest absolute Gasteiger partial charge is 0.186 e. The van der Waals surface area contributed by atoms with Gasteiger partial charge in [0.15, 0.2) is 12.6 Å². The molecular formula is C42H70O15. The Labute approximate surface area is 335 Å². The minimum atomic E-state index is -1.66. The largest absolute Gasteiger partial charge is 0.396 e. The zero-order valence-electron chi connectivity index (χ0n) is 34.4. The van der Waals surface area contributed by atoms with Gasteiger partial charge < -0.3 is 74.7 Å². The molecule has 0 bridgehead atoms. The van der Waals surface area contributed by atoms with Crippen LogP contribution in [0, 0.1) is 44.8 Å². The van der Waals surface area contributed by atoms with E-state index in [0.29, 0.717) is 25.2 Å². The monoisotopic (exact) mass is 814 g/mol. The minimum absolute atomic E-state index is 0.0133. The second kappa shape index (κ2) is 14.2. The number of fused-ring (bicyclic) bond motifs is 2. The summed E-state index contributed by atoms with van der Waals surface area (Å²) >= 11 is 0. The van der Waals surface area contributed by atoms with Crippen molar-refractivity contribution in [2.45, 2.75) is 197 Å². The lowest BCUT2D eigenvalue weighted by Crippen LogP contribution is -2.63. The summed E-state index contributed by atoms with van der Waals surface area (Å²) in [7, 11) is 0. The fourth-order valence-corrected chi connectivity index (χ4v) is 15.1.